The van der Waals surface area contributed by atoms with Crippen molar-refractivity contribution in [1.82, 2.24) is 0 Å². The number of aromatic hydroxyl groups is 1. The molecule has 0 fully saturated rings. The Kier molecular flexibility index (Phi) is 6.53. The molecular formula is C28H21N3O5S. The highest BCUT2D eigenvalue weighted by Gasteiger charge is 2.30. The van der Waals surface area contributed by atoms with Crippen LogP contribution < -0.4 is 15.4 Å². The summed E-state index contributed by atoms with van der Waals surface area (Å²) in [5.74, 6) is -1.10. The molecule has 3 N–H and O–H groups in total. The van der Waals surface area contributed by atoms with E-state index >= 15 is 0 Å². The number of carbonyl (C=O) groups excluding carboxylic acids is 3. The Labute approximate surface area is 216 Å². The third-order valence-electron chi connectivity index (χ3n) is 5.85. The summed E-state index contributed by atoms with van der Waals surface area (Å²) in [4.78, 5) is 43.1. The number of amides is 2. The molecule has 1 aliphatic heterocycles. The summed E-state index contributed by atoms with van der Waals surface area (Å²) in [6.07, 6.45) is 1.50. The Hall–Kier alpha value is -4.76. The lowest BCUT2D eigenvalue weighted by molar-refractivity contribution is -0.115. The molecule has 2 heterocycles. The topological polar surface area (TPSA) is 117 Å². The van der Waals surface area contributed by atoms with Crippen molar-refractivity contribution in [2.24, 2.45) is 4.99 Å². The summed E-state index contributed by atoms with van der Waals surface area (Å²) in [5, 5.41) is 17.4. The van der Waals surface area contributed by atoms with Crippen LogP contribution in [0.2, 0.25) is 0 Å². The van der Waals surface area contributed by atoms with Gasteiger partial charge in [-0.1, -0.05) is 30.3 Å². The maximum Gasteiger partial charge on any atom is 0.265 e. The average molecular weight is 512 g/mol. The van der Waals surface area contributed by atoms with Gasteiger partial charge < -0.3 is 20.5 Å². The molecule has 8 nitrogen and oxygen atoms in total. The molecule has 2 amide bonds. The highest BCUT2D eigenvalue weighted by Crippen LogP contribution is 2.34. The van der Waals surface area contributed by atoms with E-state index < -0.39 is 5.92 Å². The Bertz CT molecular complexity index is 1550. The smallest absolute Gasteiger partial charge is 0.265 e. The van der Waals surface area contributed by atoms with Gasteiger partial charge in [-0.3, -0.25) is 19.4 Å². The van der Waals surface area contributed by atoms with E-state index in [4.69, 9.17) is 4.74 Å². The van der Waals surface area contributed by atoms with Crippen LogP contribution in [0.25, 0.3) is 0 Å². The first-order valence-corrected chi connectivity index (χ1v) is 12.2. The molecule has 0 bridgehead atoms. The molecular weight excluding hydrogens is 490 g/mol. The van der Waals surface area contributed by atoms with Gasteiger partial charge >= 0.3 is 0 Å². The molecule has 1 aromatic heterocycles. The second-order valence-corrected chi connectivity index (χ2v) is 9.19. The van der Waals surface area contributed by atoms with Crippen molar-refractivity contribution in [2.75, 3.05) is 17.7 Å². The van der Waals surface area contributed by atoms with Crippen LogP contribution >= 0.6 is 11.3 Å². The molecule has 0 aliphatic carbocycles. The number of aliphatic imine (C=N–C) groups is 1. The zero-order valence-electron chi connectivity index (χ0n) is 19.6. The number of nitrogens with zero attached hydrogens (tertiary/aromatic N) is 1. The van der Waals surface area contributed by atoms with E-state index in [0.717, 1.165) is 0 Å². The van der Waals surface area contributed by atoms with E-state index in [1.807, 2.05) is 5.38 Å². The van der Waals surface area contributed by atoms with Gasteiger partial charge in [-0.15, -0.1) is 11.3 Å². The third-order valence-corrected chi connectivity index (χ3v) is 6.72. The van der Waals surface area contributed by atoms with Crippen molar-refractivity contribution >= 4 is 52.2 Å². The molecule has 37 heavy (non-hydrogen) atoms. The first kappa shape index (κ1) is 24.0. The molecule has 3 aromatic carbocycles. The lowest BCUT2D eigenvalue weighted by Gasteiger charge is -2.08. The van der Waals surface area contributed by atoms with E-state index in [2.05, 4.69) is 15.6 Å². The van der Waals surface area contributed by atoms with E-state index in [-0.39, 0.29) is 23.3 Å². The van der Waals surface area contributed by atoms with Crippen LogP contribution in [0.4, 0.5) is 17.1 Å². The molecule has 9 heteroatoms. The summed E-state index contributed by atoms with van der Waals surface area (Å²) < 4.78 is 5.03. The Balaban J connectivity index is 1.34. The first-order valence-electron chi connectivity index (χ1n) is 11.3. The molecule has 184 valence electrons. The molecule has 0 spiro atoms. The summed E-state index contributed by atoms with van der Waals surface area (Å²) >= 11 is 1.33. The molecule has 5 rings (SSSR count). The number of methoxy groups -OCH3 is 1. The molecule has 4 aromatic rings. The Morgan fingerprint density at radius 1 is 1.05 bits per heavy atom. The van der Waals surface area contributed by atoms with Crippen molar-refractivity contribution in [2.45, 2.75) is 5.92 Å². The van der Waals surface area contributed by atoms with Gasteiger partial charge in [0, 0.05) is 34.8 Å². The largest absolute Gasteiger partial charge is 0.504 e. The quantitative estimate of drug-likeness (QED) is 0.227. The van der Waals surface area contributed by atoms with Gasteiger partial charge in [0.25, 0.3) is 5.91 Å². The Morgan fingerprint density at radius 2 is 1.89 bits per heavy atom. The predicted molar refractivity (Wildman–Crippen MR) is 143 cm³/mol. The highest BCUT2D eigenvalue weighted by atomic mass is 32.1. The number of phenols is 1. The van der Waals surface area contributed by atoms with E-state index in [1.165, 1.54) is 30.7 Å². The molecule has 1 atom stereocenters. The predicted octanol–water partition coefficient (Wildman–Crippen LogP) is 5.38. The number of thiophene rings is 1. The van der Waals surface area contributed by atoms with E-state index in [9.17, 15) is 19.5 Å². The summed E-state index contributed by atoms with van der Waals surface area (Å²) in [6.45, 7) is 0. The number of benzene rings is 3. The maximum absolute atomic E-state index is 13.2. The molecule has 0 saturated carbocycles. The fourth-order valence-electron chi connectivity index (χ4n) is 4.00. The van der Waals surface area contributed by atoms with Crippen LogP contribution in [-0.4, -0.2) is 36.0 Å². The fraction of sp³-hybridized carbons (Fsp3) is 0.0714. The van der Waals surface area contributed by atoms with Gasteiger partial charge in [-0.25, -0.2) is 0 Å². The van der Waals surface area contributed by atoms with Gasteiger partial charge in [0.05, 0.1) is 17.7 Å². The van der Waals surface area contributed by atoms with Gasteiger partial charge in [0.1, 0.15) is 5.92 Å². The van der Waals surface area contributed by atoms with Crippen molar-refractivity contribution in [3.05, 3.63) is 99.7 Å². The van der Waals surface area contributed by atoms with Crippen molar-refractivity contribution in [1.29, 1.82) is 0 Å². The third kappa shape index (κ3) is 4.98. The monoisotopic (exact) mass is 511 g/mol. The zero-order valence-corrected chi connectivity index (χ0v) is 20.4. The van der Waals surface area contributed by atoms with Crippen molar-refractivity contribution in [3.63, 3.8) is 0 Å². The molecule has 1 unspecified atom stereocenters. The number of hydrogen-bond donors (Lipinski definition) is 3. The van der Waals surface area contributed by atoms with E-state index in [1.54, 1.807) is 66.7 Å². The number of nitrogens with one attached hydrogen (secondary N) is 2. The van der Waals surface area contributed by atoms with Crippen molar-refractivity contribution in [3.8, 4) is 11.5 Å². The van der Waals surface area contributed by atoms with E-state index in [0.29, 0.717) is 44.4 Å². The van der Waals surface area contributed by atoms with Crippen LogP contribution in [0, 0.1) is 0 Å². The number of hydrogen-bond acceptors (Lipinski definition) is 7. The molecule has 0 saturated heterocycles. The minimum Gasteiger partial charge on any atom is -0.504 e. The second kappa shape index (κ2) is 10.1. The van der Waals surface area contributed by atoms with Gasteiger partial charge in [0.2, 0.25) is 5.91 Å². The zero-order chi connectivity index (χ0) is 25.9. The highest BCUT2D eigenvalue weighted by molar-refractivity contribution is 7.12. The normalized spacial score (nSPS) is 14.3. The number of phenolic OH excluding ortho intramolecular Hbond substituents is 1. The van der Waals surface area contributed by atoms with Crippen LogP contribution in [-0.2, 0) is 4.79 Å². The standard InChI is InChI=1S/C28H21N3O5S/c1-36-24-10-8-18(14-23(24)32)29-15-21-20-9-7-17(13-22(20)31-27(21)34)26(33)16-4-2-5-19(12-16)30-28(35)25-6-3-11-37-25/h2-15,21,32H,1H3,(H,30,35)(H,31,34). The number of ether oxygens (including phenoxy) is 1. The number of fused-ring (bicyclic) bond motifs is 1. The summed E-state index contributed by atoms with van der Waals surface area (Å²) in [5.41, 5.74) is 3.02. The molecule has 1 aliphatic rings. The van der Waals surface area contributed by atoms with Crippen molar-refractivity contribution < 1.29 is 24.2 Å². The summed E-state index contributed by atoms with van der Waals surface area (Å²) in [7, 11) is 1.46. The number of anilines is 2. The van der Waals surface area contributed by atoms with Crippen LogP contribution in [0.3, 0.4) is 0 Å². The minimum atomic E-state index is -0.640. The first-order chi connectivity index (χ1) is 17.9. The number of rotatable bonds is 7. The van der Waals surface area contributed by atoms with Crippen LogP contribution in [0.1, 0.15) is 37.1 Å². The van der Waals surface area contributed by atoms with Gasteiger partial charge in [-0.2, -0.15) is 0 Å². The Morgan fingerprint density at radius 3 is 2.65 bits per heavy atom. The molecule has 0 radical (unpaired) electrons. The summed E-state index contributed by atoms with van der Waals surface area (Å²) in [6, 6.07) is 20.0. The lowest BCUT2D eigenvalue weighted by Crippen LogP contribution is -2.12. The maximum atomic E-state index is 13.2. The fourth-order valence-corrected chi connectivity index (χ4v) is 4.62. The SMILES string of the molecule is COc1ccc(N=CC2C(=O)Nc3cc(C(=O)c4cccc(NC(=O)c5cccs5)c4)ccc32)cc1O. The van der Waals surface area contributed by atoms with Gasteiger partial charge in [-0.05, 0) is 47.3 Å². The van der Waals surface area contributed by atoms with Crippen LogP contribution in [0.5, 0.6) is 11.5 Å². The average Bonchev–Trinajstić information content (AvgIpc) is 3.55. The minimum absolute atomic E-state index is 0.0493. The second-order valence-electron chi connectivity index (χ2n) is 8.24. The number of ketones is 1. The lowest BCUT2D eigenvalue weighted by atomic mass is 9.97. The van der Waals surface area contributed by atoms with Crippen LogP contribution in [0.15, 0.2) is 83.2 Å². The van der Waals surface area contributed by atoms with Gasteiger partial charge in [0.15, 0.2) is 17.3 Å². The number of carbonyl (C=O) groups is 3.